The number of thioether (sulfide) groups is 3. The molecule has 14 heavy (non-hydrogen) atoms. The molecular weight excluding hydrogens is 248 g/mol. The zero-order valence-corrected chi connectivity index (χ0v) is 12.2. The Bertz CT molecular complexity index is 367. The predicted octanol–water partition coefficient (Wildman–Crippen LogP) is 4.68. The maximum Gasteiger partial charge on any atom is 0.0665 e. The van der Waals surface area contributed by atoms with Gasteiger partial charge in [0.25, 0.3) is 0 Å². The molecule has 0 saturated carbocycles. The average molecular weight is 265 g/mol. The van der Waals surface area contributed by atoms with Crippen molar-refractivity contribution in [1.82, 2.24) is 0 Å². The van der Waals surface area contributed by atoms with E-state index in [2.05, 4.69) is 46.7 Å². The standard InChI is InChI=1S/C10H16S4/c1-14(2,3,4)8-7-13-10(14)9-11-5-6-12-9/h5-8H,1-4H3. The van der Waals surface area contributed by atoms with Crippen LogP contribution < -0.4 is 0 Å². The normalized spacial score (nSPS) is 36.3. The van der Waals surface area contributed by atoms with Crippen LogP contribution in [0.5, 0.6) is 0 Å². The summed E-state index contributed by atoms with van der Waals surface area (Å²) in [6.07, 6.45) is 9.72. The molecule has 0 nitrogen and oxygen atoms in total. The molecule has 4 heteroatoms. The Morgan fingerprint density at radius 3 is 1.86 bits per heavy atom. The quantitative estimate of drug-likeness (QED) is 0.623. The molecule has 0 saturated heterocycles. The van der Waals surface area contributed by atoms with Crippen molar-refractivity contribution < 1.29 is 0 Å². The highest BCUT2D eigenvalue weighted by atomic mass is 32.4. The third-order valence-electron chi connectivity index (χ3n) is 2.26. The van der Waals surface area contributed by atoms with Gasteiger partial charge in [-0.3, -0.25) is 0 Å². The summed E-state index contributed by atoms with van der Waals surface area (Å²) in [4.78, 5) is 0. The third kappa shape index (κ3) is 1.82. The van der Waals surface area contributed by atoms with E-state index in [0.29, 0.717) is 0 Å². The first-order chi connectivity index (χ1) is 6.22. The second kappa shape index (κ2) is 2.65. The highest BCUT2D eigenvalue weighted by Crippen LogP contribution is 2.91. The topological polar surface area (TPSA) is 0 Å². The minimum atomic E-state index is -2.06. The van der Waals surface area contributed by atoms with Crippen molar-refractivity contribution >= 4 is 43.6 Å². The number of rotatable bonds is 0. The summed E-state index contributed by atoms with van der Waals surface area (Å²) in [6, 6.07) is 0. The third-order valence-corrected chi connectivity index (χ3v) is 11.6. The van der Waals surface area contributed by atoms with Gasteiger partial charge in [0, 0.05) is 4.24 Å². The molecular formula is C10H16S4. The Balaban J connectivity index is 2.56. The van der Waals surface area contributed by atoms with Gasteiger partial charge in [-0.15, -0.1) is 0 Å². The molecule has 0 amide bonds. The summed E-state index contributed by atoms with van der Waals surface area (Å²) < 4.78 is 3.07. The van der Waals surface area contributed by atoms with E-state index in [4.69, 9.17) is 0 Å². The largest absolute Gasteiger partial charge is 0.241 e. The zero-order valence-electron chi connectivity index (χ0n) is 8.94. The molecule has 2 heterocycles. The van der Waals surface area contributed by atoms with Gasteiger partial charge >= 0.3 is 0 Å². The molecule has 0 aromatic carbocycles. The van der Waals surface area contributed by atoms with Crippen molar-refractivity contribution in [3.63, 3.8) is 0 Å². The zero-order chi connectivity index (χ0) is 10.5. The minimum Gasteiger partial charge on any atom is -0.241 e. The van der Waals surface area contributed by atoms with Gasteiger partial charge < -0.3 is 0 Å². The van der Waals surface area contributed by atoms with Crippen molar-refractivity contribution in [2.75, 3.05) is 25.0 Å². The molecule has 0 atom stereocenters. The fraction of sp³-hybridized carbons (Fsp3) is 0.400. The van der Waals surface area contributed by atoms with Crippen LogP contribution in [0.2, 0.25) is 0 Å². The predicted molar refractivity (Wildman–Crippen MR) is 79.4 cm³/mol. The SMILES string of the molecule is CS1(C)(C)(C)C=CSC1=C1SC=CS1. The van der Waals surface area contributed by atoms with E-state index in [1.54, 1.807) is 4.24 Å². The van der Waals surface area contributed by atoms with Gasteiger partial charge in [-0.1, -0.05) is 35.3 Å². The Morgan fingerprint density at radius 1 is 0.857 bits per heavy atom. The maximum absolute atomic E-state index is 2.44. The Labute approximate surface area is 98.3 Å². The summed E-state index contributed by atoms with van der Waals surface area (Å²) in [5, 5.41) is 9.06. The van der Waals surface area contributed by atoms with Gasteiger partial charge in [-0.25, -0.2) is 8.29 Å². The molecule has 0 N–H and O–H groups in total. The molecule has 2 aliphatic rings. The van der Waals surface area contributed by atoms with Crippen LogP contribution in [0, 0.1) is 0 Å². The Kier molecular flexibility index (Phi) is 2.10. The lowest BCUT2D eigenvalue weighted by molar-refractivity contribution is 1.82. The first kappa shape index (κ1) is 11.1. The van der Waals surface area contributed by atoms with Crippen LogP contribution in [-0.4, -0.2) is 25.0 Å². The van der Waals surface area contributed by atoms with Crippen LogP contribution in [0.25, 0.3) is 0 Å². The van der Waals surface area contributed by atoms with Gasteiger partial charge in [-0.05, 0) is 46.7 Å². The van der Waals surface area contributed by atoms with Crippen LogP contribution in [0.3, 0.4) is 0 Å². The molecule has 0 aromatic rings. The Hall–Kier alpha value is 0.620. The molecule has 2 aliphatic heterocycles. The van der Waals surface area contributed by atoms with E-state index in [-0.39, 0.29) is 0 Å². The van der Waals surface area contributed by atoms with Crippen LogP contribution in [0.4, 0.5) is 0 Å². The van der Waals surface area contributed by atoms with Crippen molar-refractivity contribution in [2.24, 2.45) is 0 Å². The first-order valence-electron chi connectivity index (χ1n) is 4.31. The fourth-order valence-corrected chi connectivity index (χ4v) is 11.4. The highest BCUT2D eigenvalue weighted by molar-refractivity contribution is 8.73. The van der Waals surface area contributed by atoms with E-state index in [1.807, 2.05) is 35.3 Å². The highest BCUT2D eigenvalue weighted by Gasteiger charge is 2.48. The van der Waals surface area contributed by atoms with Gasteiger partial charge in [-0.2, -0.15) is 0 Å². The van der Waals surface area contributed by atoms with Crippen molar-refractivity contribution in [2.45, 2.75) is 0 Å². The van der Waals surface area contributed by atoms with Crippen molar-refractivity contribution in [1.29, 1.82) is 0 Å². The molecule has 2 rings (SSSR count). The van der Waals surface area contributed by atoms with E-state index in [9.17, 15) is 0 Å². The summed E-state index contributed by atoms with van der Waals surface area (Å²) in [5.41, 5.74) is 0. The number of hydrogen-bond donors (Lipinski definition) is 0. The van der Waals surface area contributed by atoms with Gasteiger partial charge in [0.05, 0.1) is 4.24 Å². The molecule has 0 bridgehead atoms. The van der Waals surface area contributed by atoms with Gasteiger partial charge in [0.15, 0.2) is 0 Å². The van der Waals surface area contributed by atoms with Crippen molar-refractivity contribution in [3.05, 3.63) is 30.1 Å². The van der Waals surface area contributed by atoms with E-state index in [0.717, 1.165) is 0 Å². The summed E-state index contributed by atoms with van der Waals surface area (Å²) >= 11 is 5.65. The first-order valence-corrected chi connectivity index (χ1v) is 11.1. The van der Waals surface area contributed by atoms with Crippen LogP contribution in [0.15, 0.2) is 30.1 Å². The van der Waals surface area contributed by atoms with Gasteiger partial charge in [0.1, 0.15) is 0 Å². The van der Waals surface area contributed by atoms with E-state index < -0.39 is 8.29 Å². The lowest BCUT2D eigenvalue weighted by Crippen LogP contribution is -2.27. The van der Waals surface area contributed by atoms with E-state index >= 15 is 0 Å². The van der Waals surface area contributed by atoms with Gasteiger partial charge in [0.2, 0.25) is 0 Å². The summed E-state index contributed by atoms with van der Waals surface area (Å²) in [7, 11) is -2.06. The van der Waals surface area contributed by atoms with E-state index in [1.165, 1.54) is 4.24 Å². The molecule has 0 fully saturated rings. The summed E-state index contributed by atoms with van der Waals surface area (Å²) in [6.45, 7) is 0. The Morgan fingerprint density at radius 2 is 1.43 bits per heavy atom. The van der Waals surface area contributed by atoms with Crippen LogP contribution in [-0.2, 0) is 0 Å². The smallest absolute Gasteiger partial charge is 0.0665 e. The average Bonchev–Trinajstić information content (AvgIpc) is 2.52. The molecule has 0 radical (unpaired) electrons. The lowest BCUT2D eigenvalue weighted by atomic mass is 11.2. The molecule has 0 spiro atoms. The molecule has 80 valence electrons. The molecule has 0 unspecified atom stereocenters. The summed E-state index contributed by atoms with van der Waals surface area (Å²) in [5.74, 6) is 0. The van der Waals surface area contributed by atoms with Crippen LogP contribution >= 0.6 is 43.6 Å². The minimum absolute atomic E-state index is 1.48. The van der Waals surface area contributed by atoms with Crippen LogP contribution in [0.1, 0.15) is 0 Å². The fourth-order valence-electron chi connectivity index (χ4n) is 1.35. The maximum atomic E-state index is 2.44. The second-order valence-corrected chi connectivity index (χ2v) is 18.4. The lowest BCUT2D eigenvalue weighted by Gasteiger charge is -2.65. The molecule has 0 aliphatic carbocycles. The second-order valence-electron chi connectivity index (χ2n) is 5.80. The van der Waals surface area contributed by atoms with Crippen molar-refractivity contribution in [3.8, 4) is 0 Å². The monoisotopic (exact) mass is 264 g/mol. The number of hydrogen-bond acceptors (Lipinski definition) is 3. The molecule has 0 aromatic heterocycles.